The van der Waals surface area contributed by atoms with Crippen LogP contribution in [-0.4, -0.2) is 16.9 Å². The summed E-state index contributed by atoms with van der Waals surface area (Å²) in [5.74, 6) is -0.129. The Hall–Kier alpha value is -1.13. The maximum Gasteiger partial charge on any atom is 0.241 e. The van der Waals surface area contributed by atoms with Gasteiger partial charge in [-0.25, -0.2) is 0 Å². The standard InChI is InChI=1S/C8H9N3O.ClH/c9-5-4-7-6(11-8(5)12)2-1-3-10-7;/h1-3,5H,4,9H2,(H,11,12);1H/t5-;/m1./s1. The number of anilines is 1. The molecule has 1 aliphatic rings. The van der Waals surface area contributed by atoms with Gasteiger partial charge in [0.15, 0.2) is 0 Å². The fourth-order valence-corrected chi connectivity index (χ4v) is 1.24. The third-order valence-electron chi connectivity index (χ3n) is 1.90. The summed E-state index contributed by atoms with van der Waals surface area (Å²) < 4.78 is 0. The van der Waals surface area contributed by atoms with Crippen LogP contribution in [-0.2, 0) is 11.2 Å². The summed E-state index contributed by atoms with van der Waals surface area (Å²) in [5, 5.41) is 2.68. The number of hydrogen-bond donors (Lipinski definition) is 2. The Morgan fingerprint density at radius 1 is 1.62 bits per heavy atom. The molecule has 13 heavy (non-hydrogen) atoms. The Morgan fingerprint density at radius 3 is 3.15 bits per heavy atom. The predicted molar refractivity (Wildman–Crippen MR) is 51.8 cm³/mol. The highest BCUT2D eigenvalue weighted by Crippen LogP contribution is 2.18. The molecule has 1 aromatic rings. The van der Waals surface area contributed by atoms with E-state index in [0.29, 0.717) is 6.42 Å². The smallest absolute Gasteiger partial charge is 0.241 e. The number of rotatable bonds is 0. The first-order valence-electron chi connectivity index (χ1n) is 3.78. The summed E-state index contributed by atoms with van der Waals surface area (Å²) in [7, 11) is 0. The largest absolute Gasteiger partial charge is 0.323 e. The topological polar surface area (TPSA) is 68.0 Å². The minimum absolute atomic E-state index is 0. The van der Waals surface area contributed by atoms with Crippen molar-refractivity contribution in [2.75, 3.05) is 5.32 Å². The highest BCUT2D eigenvalue weighted by molar-refractivity contribution is 5.97. The number of amides is 1. The molecule has 1 aliphatic heterocycles. The van der Waals surface area contributed by atoms with Crippen LogP contribution in [0.15, 0.2) is 18.3 Å². The van der Waals surface area contributed by atoms with Crippen molar-refractivity contribution in [3.63, 3.8) is 0 Å². The first-order chi connectivity index (χ1) is 5.77. The van der Waals surface area contributed by atoms with Gasteiger partial charge in [0.25, 0.3) is 0 Å². The van der Waals surface area contributed by atoms with E-state index in [1.807, 2.05) is 6.07 Å². The van der Waals surface area contributed by atoms with Crippen molar-refractivity contribution >= 4 is 24.0 Å². The molecule has 0 saturated carbocycles. The van der Waals surface area contributed by atoms with Crippen molar-refractivity contribution in [2.45, 2.75) is 12.5 Å². The average molecular weight is 200 g/mol. The SMILES string of the molecule is Cl.N[C@@H]1Cc2ncccc2NC1=O. The fraction of sp³-hybridized carbons (Fsp3) is 0.250. The van der Waals surface area contributed by atoms with Gasteiger partial charge in [-0.15, -0.1) is 12.4 Å². The molecule has 1 aromatic heterocycles. The Labute approximate surface area is 81.9 Å². The predicted octanol–water partition coefficient (Wildman–Crippen LogP) is 0.325. The molecule has 2 heterocycles. The first-order valence-corrected chi connectivity index (χ1v) is 3.78. The number of aromatic nitrogens is 1. The lowest BCUT2D eigenvalue weighted by atomic mass is 10.1. The van der Waals surface area contributed by atoms with E-state index in [2.05, 4.69) is 10.3 Å². The van der Waals surface area contributed by atoms with Crippen LogP contribution >= 0.6 is 12.4 Å². The second kappa shape index (κ2) is 3.72. The minimum Gasteiger partial charge on any atom is -0.323 e. The maximum absolute atomic E-state index is 11.1. The van der Waals surface area contributed by atoms with Crippen molar-refractivity contribution in [3.05, 3.63) is 24.0 Å². The highest BCUT2D eigenvalue weighted by Gasteiger charge is 2.22. The molecule has 0 fully saturated rings. The Balaban J connectivity index is 0.000000845. The molecule has 0 bridgehead atoms. The number of fused-ring (bicyclic) bond motifs is 1. The van der Waals surface area contributed by atoms with Gasteiger partial charge in [-0.05, 0) is 12.1 Å². The van der Waals surface area contributed by atoms with Gasteiger partial charge in [-0.2, -0.15) is 0 Å². The summed E-state index contributed by atoms with van der Waals surface area (Å²) in [6, 6.07) is 3.16. The quantitative estimate of drug-likeness (QED) is 0.633. The Morgan fingerprint density at radius 2 is 2.38 bits per heavy atom. The van der Waals surface area contributed by atoms with Gasteiger partial charge in [0.05, 0.1) is 17.4 Å². The molecule has 0 radical (unpaired) electrons. The van der Waals surface area contributed by atoms with Crippen molar-refractivity contribution < 1.29 is 4.79 Å². The molecule has 1 amide bonds. The van der Waals surface area contributed by atoms with Gasteiger partial charge >= 0.3 is 0 Å². The lowest BCUT2D eigenvalue weighted by molar-refractivity contribution is -0.117. The zero-order chi connectivity index (χ0) is 8.55. The maximum atomic E-state index is 11.1. The molecular formula is C8H10ClN3O. The van der Waals surface area contributed by atoms with E-state index in [9.17, 15) is 4.79 Å². The van der Waals surface area contributed by atoms with Crippen molar-refractivity contribution in [1.29, 1.82) is 0 Å². The molecule has 3 N–H and O–H groups in total. The Kier molecular flexibility index (Phi) is 2.85. The van der Waals surface area contributed by atoms with Crippen LogP contribution in [0.1, 0.15) is 5.69 Å². The van der Waals surface area contributed by atoms with E-state index in [1.54, 1.807) is 12.3 Å². The van der Waals surface area contributed by atoms with Crippen molar-refractivity contribution in [3.8, 4) is 0 Å². The van der Waals surface area contributed by atoms with Gasteiger partial charge in [0, 0.05) is 12.6 Å². The molecule has 0 saturated heterocycles. The number of nitrogens with one attached hydrogen (secondary N) is 1. The van der Waals surface area contributed by atoms with E-state index >= 15 is 0 Å². The number of nitrogens with two attached hydrogens (primary N) is 1. The van der Waals surface area contributed by atoms with E-state index in [1.165, 1.54) is 0 Å². The number of nitrogens with zero attached hydrogens (tertiary/aromatic N) is 1. The summed E-state index contributed by atoms with van der Waals surface area (Å²) in [5.41, 5.74) is 7.19. The van der Waals surface area contributed by atoms with Crippen LogP contribution in [0.5, 0.6) is 0 Å². The lowest BCUT2D eigenvalue weighted by Crippen LogP contribution is -2.41. The molecule has 0 aliphatic carbocycles. The molecule has 0 spiro atoms. The van der Waals surface area contributed by atoms with Gasteiger partial charge in [0.1, 0.15) is 0 Å². The molecular weight excluding hydrogens is 190 g/mol. The first kappa shape index (κ1) is 9.95. The van der Waals surface area contributed by atoms with Crippen molar-refractivity contribution in [1.82, 2.24) is 4.98 Å². The van der Waals surface area contributed by atoms with E-state index in [4.69, 9.17) is 5.73 Å². The molecule has 1 atom stereocenters. The average Bonchev–Trinajstić information content (AvgIpc) is 2.07. The van der Waals surface area contributed by atoms with Crippen LogP contribution in [0.25, 0.3) is 0 Å². The Bertz CT molecular complexity index is 329. The second-order valence-electron chi connectivity index (χ2n) is 2.80. The zero-order valence-corrected chi connectivity index (χ0v) is 7.67. The van der Waals surface area contributed by atoms with Gasteiger partial charge < -0.3 is 11.1 Å². The molecule has 4 nitrogen and oxygen atoms in total. The number of hydrogen-bond acceptors (Lipinski definition) is 3. The lowest BCUT2D eigenvalue weighted by Gasteiger charge is -2.19. The second-order valence-corrected chi connectivity index (χ2v) is 2.80. The molecule has 2 rings (SSSR count). The van der Waals surface area contributed by atoms with Gasteiger partial charge in [-0.1, -0.05) is 0 Å². The van der Waals surface area contributed by atoms with Gasteiger partial charge in [0.2, 0.25) is 5.91 Å². The monoisotopic (exact) mass is 199 g/mol. The van der Waals surface area contributed by atoms with Crippen LogP contribution in [0.3, 0.4) is 0 Å². The summed E-state index contributed by atoms with van der Waals surface area (Å²) in [4.78, 5) is 15.2. The van der Waals surface area contributed by atoms with Crippen molar-refractivity contribution in [2.24, 2.45) is 5.73 Å². The minimum atomic E-state index is -0.451. The number of carbonyl (C=O) groups is 1. The molecule has 5 heteroatoms. The summed E-state index contributed by atoms with van der Waals surface area (Å²) in [6.07, 6.45) is 2.23. The number of carbonyl (C=O) groups excluding carboxylic acids is 1. The summed E-state index contributed by atoms with van der Waals surface area (Å²) in [6.45, 7) is 0. The van der Waals surface area contributed by atoms with E-state index in [0.717, 1.165) is 11.4 Å². The molecule has 0 unspecified atom stereocenters. The highest BCUT2D eigenvalue weighted by atomic mass is 35.5. The van der Waals surface area contributed by atoms with Crippen LogP contribution < -0.4 is 11.1 Å². The fourth-order valence-electron chi connectivity index (χ4n) is 1.24. The van der Waals surface area contributed by atoms with E-state index < -0.39 is 6.04 Å². The third-order valence-corrected chi connectivity index (χ3v) is 1.90. The number of halogens is 1. The number of pyridine rings is 1. The van der Waals surface area contributed by atoms with Crippen LogP contribution in [0.4, 0.5) is 5.69 Å². The molecule has 0 aromatic carbocycles. The molecule has 70 valence electrons. The normalized spacial score (nSPS) is 19.8. The third kappa shape index (κ3) is 1.79. The van der Waals surface area contributed by atoms with E-state index in [-0.39, 0.29) is 18.3 Å². The van der Waals surface area contributed by atoms with Crippen LogP contribution in [0, 0.1) is 0 Å². The van der Waals surface area contributed by atoms with Crippen LogP contribution in [0.2, 0.25) is 0 Å². The zero-order valence-electron chi connectivity index (χ0n) is 6.86. The van der Waals surface area contributed by atoms with Gasteiger partial charge in [-0.3, -0.25) is 9.78 Å². The summed E-state index contributed by atoms with van der Waals surface area (Å²) >= 11 is 0.